The highest BCUT2D eigenvalue weighted by molar-refractivity contribution is 5.96. The molecule has 0 amide bonds. The Morgan fingerprint density at radius 2 is 1.71 bits per heavy atom. The van der Waals surface area contributed by atoms with Crippen LogP contribution in [0.25, 0.3) is 0 Å². The Labute approximate surface area is 83.5 Å². The summed E-state index contributed by atoms with van der Waals surface area (Å²) in [6.45, 7) is 1.97. The zero-order valence-electron chi connectivity index (χ0n) is 8.03. The lowest BCUT2D eigenvalue weighted by Gasteiger charge is -2.18. The Bertz CT molecular complexity index is 326. The van der Waals surface area contributed by atoms with Gasteiger partial charge in [-0.25, -0.2) is 0 Å². The second kappa shape index (κ2) is 3.70. The molecule has 2 N–H and O–H groups in total. The highest BCUT2D eigenvalue weighted by Gasteiger charge is 2.15. The van der Waals surface area contributed by atoms with Crippen LogP contribution in [-0.2, 0) is 0 Å². The van der Waals surface area contributed by atoms with Gasteiger partial charge in [0.25, 0.3) is 0 Å². The van der Waals surface area contributed by atoms with Gasteiger partial charge < -0.3 is 10.0 Å². The summed E-state index contributed by atoms with van der Waals surface area (Å²) in [5.74, 6) is 0.825. The SMILES string of the molecule is N=C(c1ccc(O)cc1)N1CCCC1. The maximum atomic E-state index is 9.12. The predicted octanol–water partition coefficient (Wildman–Crippen LogP) is 1.81. The number of nitrogens with zero attached hydrogens (tertiary/aromatic N) is 1. The van der Waals surface area contributed by atoms with E-state index in [1.54, 1.807) is 24.3 Å². The zero-order chi connectivity index (χ0) is 9.97. The van der Waals surface area contributed by atoms with Gasteiger partial charge in [0.15, 0.2) is 0 Å². The first-order chi connectivity index (χ1) is 6.77. The minimum absolute atomic E-state index is 0.253. The van der Waals surface area contributed by atoms with Gasteiger partial charge >= 0.3 is 0 Å². The molecule has 1 aromatic carbocycles. The van der Waals surface area contributed by atoms with E-state index in [4.69, 9.17) is 10.5 Å². The molecule has 0 aliphatic carbocycles. The van der Waals surface area contributed by atoms with Crippen molar-refractivity contribution in [3.63, 3.8) is 0 Å². The number of phenols is 1. The lowest BCUT2D eigenvalue weighted by Crippen LogP contribution is -2.27. The fourth-order valence-electron chi connectivity index (χ4n) is 1.74. The van der Waals surface area contributed by atoms with Crippen LogP contribution in [0.2, 0.25) is 0 Å². The molecular formula is C11H14N2O. The Morgan fingerprint density at radius 1 is 1.14 bits per heavy atom. The lowest BCUT2D eigenvalue weighted by atomic mass is 10.2. The smallest absolute Gasteiger partial charge is 0.128 e. The number of amidine groups is 1. The van der Waals surface area contributed by atoms with Crippen LogP contribution in [-0.4, -0.2) is 28.9 Å². The third-order valence-electron chi connectivity index (χ3n) is 2.56. The van der Waals surface area contributed by atoms with Crippen molar-refractivity contribution in [1.82, 2.24) is 4.90 Å². The molecule has 3 nitrogen and oxygen atoms in total. The average Bonchev–Trinajstić information content (AvgIpc) is 2.71. The highest BCUT2D eigenvalue weighted by atomic mass is 16.3. The number of hydrogen-bond acceptors (Lipinski definition) is 2. The minimum atomic E-state index is 0.253. The van der Waals surface area contributed by atoms with Gasteiger partial charge in [-0.1, -0.05) is 0 Å². The molecule has 0 unspecified atom stereocenters. The van der Waals surface area contributed by atoms with Gasteiger partial charge in [0.2, 0.25) is 0 Å². The lowest BCUT2D eigenvalue weighted by molar-refractivity contribution is 0.475. The van der Waals surface area contributed by atoms with E-state index in [1.807, 2.05) is 0 Å². The van der Waals surface area contributed by atoms with E-state index in [2.05, 4.69) is 4.90 Å². The van der Waals surface area contributed by atoms with Crippen LogP contribution in [0.15, 0.2) is 24.3 Å². The first kappa shape index (κ1) is 9.06. The molecule has 0 saturated carbocycles. The maximum absolute atomic E-state index is 9.12. The number of phenolic OH excluding ortho intramolecular Hbond substituents is 1. The van der Waals surface area contributed by atoms with Crippen LogP contribution in [0.1, 0.15) is 18.4 Å². The molecule has 1 aromatic rings. The maximum Gasteiger partial charge on any atom is 0.128 e. The number of benzene rings is 1. The molecular weight excluding hydrogens is 176 g/mol. The number of hydrogen-bond donors (Lipinski definition) is 2. The summed E-state index contributed by atoms with van der Waals surface area (Å²) in [4.78, 5) is 2.08. The Kier molecular flexibility index (Phi) is 2.39. The fourth-order valence-corrected chi connectivity index (χ4v) is 1.74. The van der Waals surface area contributed by atoms with Gasteiger partial charge in [-0.15, -0.1) is 0 Å². The van der Waals surface area contributed by atoms with Crippen LogP contribution in [0.4, 0.5) is 0 Å². The Balaban J connectivity index is 2.14. The van der Waals surface area contributed by atoms with E-state index in [0.717, 1.165) is 18.7 Å². The summed E-state index contributed by atoms with van der Waals surface area (Å²) in [6, 6.07) is 6.83. The molecule has 1 fully saturated rings. The number of likely N-dealkylation sites (tertiary alicyclic amines) is 1. The average molecular weight is 190 g/mol. The summed E-state index contributed by atoms with van der Waals surface area (Å²) < 4.78 is 0. The summed E-state index contributed by atoms with van der Waals surface area (Å²) in [7, 11) is 0. The van der Waals surface area contributed by atoms with E-state index in [0.29, 0.717) is 5.84 Å². The van der Waals surface area contributed by atoms with Gasteiger partial charge in [-0.2, -0.15) is 0 Å². The van der Waals surface area contributed by atoms with Gasteiger partial charge in [0, 0.05) is 18.7 Å². The molecule has 0 spiro atoms. The molecule has 0 aromatic heterocycles. The molecule has 1 aliphatic rings. The van der Waals surface area contributed by atoms with Gasteiger partial charge in [-0.05, 0) is 37.1 Å². The normalized spacial score (nSPS) is 15.9. The Morgan fingerprint density at radius 3 is 2.29 bits per heavy atom. The van der Waals surface area contributed by atoms with E-state index >= 15 is 0 Å². The second-order valence-corrected chi connectivity index (χ2v) is 3.59. The molecule has 1 saturated heterocycles. The first-order valence-electron chi connectivity index (χ1n) is 4.90. The number of nitrogens with one attached hydrogen (secondary N) is 1. The largest absolute Gasteiger partial charge is 0.508 e. The monoisotopic (exact) mass is 190 g/mol. The highest BCUT2D eigenvalue weighted by Crippen LogP contribution is 2.15. The summed E-state index contributed by atoms with van der Waals surface area (Å²) in [5.41, 5.74) is 0.879. The van der Waals surface area contributed by atoms with Crippen molar-refractivity contribution in [2.75, 3.05) is 13.1 Å². The fraction of sp³-hybridized carbons (Fsp3) is 0.364. The second-order valence-electron chi connectivity index (χ2n) is 3.59. The van der Waals surface area contributed by atoms with Gasteiger partial charge in [-0.3, -0.25) is 5.41 Å². The number of aromatic hydroxyl groups is 1. The predicted molar refractivity (Wildman–Crippen MR) is 55.7 cm³/mol. The van der Waals surface area contributed by atoms with E-state index < -0.39 is 0 Å². The van der Waals surface area contributed by atoms with Crippen molar-refractivity contribution in [3.05, 3.63) is 29.8 Å². The number of rotatable bonds is 1. The first-order valence-corrected chi connectivity index (χ1v) is 4.90. The quantitative estimate of drug-likeness (QED) is 0.524. The van der Waals surface area contributed by atoms with Crippen LogP contribution in [0.5, 0.6) is 5.75 Å². The van der Waals surface area contributed by atoms with Crippen molar-refractivity contribution in [2.45, 2.75) is 12.8 Å². The molecule has 0 atom stereocenters. The van der Waals surface area contributed by atoms with Gasteiger partial charge in [0.05, 0.1) is 0 Å². The topological polar surface area (TPSA) is 47.3 Å². The standard InChI is InChI=1S/C11H14N2O/c12-11(13-7-1-2-8-13)9-3-5-10(14)6-4-9/h3-6,12,14H,1-2,7-8H2. The summed E-state index contributed by atoms with van der Waals surface area (Å²) in [6.07, 6.45) is 2.36. The summed E-state index contributed by atoms with van der Waals surface area (Å²) in [5, 5.41) is 17.1. The third-order valence-corrected chi connectivity index (χ3v) is 2.56. The summed E-state index contributed by atoms with van der Waals surface area (Å²) >= 11 is 0. The van der Waals surface area contributed by atoms with Crippen LogP contribution >= 0.6 is 0 Å². The molecule has 1 aliphatic heterocycles. The molecule has 2 rings (SSSR count). The minimum Gasteiger partial charge on any atom is -0.508 e. The van der Waals surface area contributed by atoms with E-state index in [1.165, 1.54) is 12.8 Å². The molecule has 74 valence electrons. The van der Waals surface area contributed by atoms with Crippen molar-refractivity contribution >= 4 is 5.84 Å². The van der Waals surface area contributed by atoms with Crippen LogP contribution < -0.4 is 0 Å². The van der Waals surface area contributed by atoms with Crippen LogP contribution in [0.3, 0.4) is 0 Å². The van der Waals surface area contributed by atoms with Crippen LogP contribution in [0, 0.1) is 5.41 Å². The third kappa shape index (κ3) is 1.71. The molecule has 0 bridgehead atoms. The molecule has 1 heterocycles. The van der Waals surface area contributed by atoms with E-state index in [-0.39, 0.29) is 5.75 Å². The van der Waals surface area contributed by atoms with Crippen molar-refractivity contribution < 1.29 is 5.11 Å². The van der Waals surface area contributed by atoms with Gasteiger partial charge in [0.1, 0.15) is 11.6 Å². The Hall–Kier alpha value is -1.51. The van der Waals surface area contributed by atoms with Crippen molar-refractivity contribution in [3.8, 4) is 5.75 Å². The molecule has 3 heteroatoms. The van der Waals surface area contributed by atoms with Crippen molar-refractivity contribution in [2.24, 2.45) is 0 Å². The van der Waals surface area contributed by atoms with E-state index in [9.17, 15) is 0 Å². The zero-order valence-corrected chi connectivity index (χ0v) is 8.03. The molecule has 14 heavy (non-hydrogen) atoms. The van der Waals surface area contributed by atoms with Crippen molar-refractivity contribution in [1.29, 1.82) is 5.41 Å². The molecule has 0 radical (unpaired) electrons.